The first-order valence-electron chi connectivity index (χ1n) is 7.01. The largest absolute Gasteiger partial charge is 0.0984 e. The van der Waals surface area contributed by atoms with E-state index in [-0.39, 0.29) is 0 Å². The molecule has 0 amide bonds. The van der Waals surface area contributed by atoms with Crippen LogP contribution in [0, 0.1) is 0 Å². The third-order valence-corrected chi connectivity index (χ3v) is 4.64. The van der Waals surface area contributed by atoms with Gasteiger partial charge in [-0.15, -0.1) is 0 Å². The fourth-order valence-electron chi connectivity index (χ4n) is 2.39. The molecule has 0 nitrogen and oxygen atoms in total. The molecule has 1 heteroatoms. The second-order valence-electron chi connectivity index (χ2n) is 4.86. The molecule has 3 aromatic carbocycles. The summed E-state index contributed by atoms with van der Waals surface area (Å²) in [6.07, 6.45) is 1.92. The van der Waals surface area contributed by atoms with Crippen molar-refractivity contribution >= 4 is 25.3 Å². The molecule has 0 bridgehead atoms. The first-order valence-corrected chi connectivity index (χ1v) is 8.01. The van der Waals surface area contributed by atoms with Gasteiger partial charge in [0.05, 0.1) is 0 Å². The smallest absolute Gasteiger partial charge is 0.0111 e. The van der Waals surface area contributed by atoms with Crippen molar-refractivity contribution in [2.45, 2.75) is 0 Å². The molecule has 0 N–H and O–H groups in total. The van der Waals surface area contributed by atoms with E-state index in [1.165, 1.54) is 27.3 Å². The molecule has 0 spiro atoms. The van der Waals surface area contributed by atoms with E-state index < -0.39 is 0 Å². The summed E-state index contributed by atoms with van der Waals surface area (Å²) in [5.41, 5.74) is 3.68. The minimum atomic E-state index is 0.690. The molecule has 0 aliphatic heterocycles. The van der Waals surface area contributed by atoms with E-state index in [9.17, 15) is 0 Å². The van der Waals surface area contributed by atoms with Crippen molar-refractivity contribution in [2.75, 3.05) is 0 Å². The molecule has 0 aliphatic rings. The molecule has 0 radical (unpaired) electrons. The second-order valence-corrected chi connectivity index (χ2v) is 6.27. The Labute approximate surface area is 128 Å². The Morgan fingerprint density at radius 1 is 0.714 bits per heavy atom. The lowest BCUT2D eigenvalue weighted by atomic mass is 10.00. The summed E-state index contributed by atoms with van der Waals surface area (Å²) >= 11 is 0. The van der Waals surface area contributed by atoms with E-state index in [2.05, 4.69) is 85.4 Å². The van der Waals surface area contributed by atoms with Gasteiger partial charge in [0.2, 0.25) is 0 Å². The Morgan fingerprint density at radius 3 is 2.24 bits per heavy atom. The van der Waals surface area contributed by atoms with Crippen LogP contribution in [-0.4, -0.2) is 0 Å². The van der Waals surface area contributed by atoms with Gasteiger partial charge in [0.1, 0.15) is 0 Å². The first-order chi connectivity index (χ1) is 10.4. The zero-order valence-corrected chi connectivity index (χ0v) is 12.8. The van der Waals surface area contributed by atoms with Crippen LogP contribution in [0.4, 0.5) is 0 Å². The van der Waals surface area contributed by atoms with Crippen LogP contribution < -0.4 is 10.6 Å². The Balaban J connectivity index is 1.95. The molecule has 0 aliphatic carbocycles. The van der Waals surface area contributed by atoms with Crippen LogP contribution >= 0.6 is 8.58 Å². The van der Waals surface area contributed by atoms with Gasteiger partial charge in [0.15, 0.2) is 0 Å². The van der Waals surface area contributed by atoms with Gasteiger partial charge in [0.25, 0.3) is 0 Å². The Kier molecular flexibility index (Phi) is 4.28. The van der Waals surface area contributed by atoms with Crippen LogP contribution in [0.5, 0.6) is 0 Å². The van der Waals surface area contributed by atoms with Crippen molar-refractivity contribution in [1.29, 1.82) is 0 Å². The Bertz CT molecular complexity index is 745. The van der Waals surface area contributed by atoms with Gasteiger partial charge in [-0.25, -0.2) is 0 Å². The molecular formula is C20H17P. The molecule has 3 rings (SSSR count). The standard InChI is InChI=1S/C20H17P/c1-2-16-9-6-7-14-20(16)17-10-8-13-19(15-17)21-18-11-4-3-5-12-18/h2-15,21H,1H2. The molecule has 0 saturated heterocycles. The van der Waals surface area contributed by atoms with E-state index in [0.717, 1.165) is 0 Å². The first kappa shape index (κ1) is 13.8. The molecule has 0 fully saturated rings. The fraction of sp³-hybridized carbons (Fsp3) is 0. The summed E-state index contributed by atoms with van der Waals surface area (Å²) in [4.78, 5) is 0. The molecule has 1 atom stereocenters. The summed E-state index contributed by atoms with van der Waals surface area (Å²) < 4.78 is 0. The zero-order chi connectivity index (χ0) is 14.5. The summed E-state index contributed by atoms with van der Waals surface area (Å²) in [5, 5.41) is 2.73. The Hall–Kier alpha value is -2.17. The van der Waals surface area contributed by atoms with Gasteiger partial charge in [-0.3, -0.25) is 0 Å². The lowest BCUT2D eigenvalue weighted by molar-refractivity contribution is 1.61. The van der Waals surface area contributed by atoms with Crippen LogP contribution in [0.3, 0.4) is 0 Å². The molecule has 0 heterocycles. The SMILES string of the molecule is C=Cc1ccccc1-c1cccc(Pc2ccccc2)c1. The van der Waals surface area contributed by atoms with Gasteiger partial charge in [-0.05, 0) is 33.4 Å². The van der Waals surface area contributed by atoms with E-state index in [1.807, 2.05) is 6.08 Å². The minimum Gasteiger partial charge on any atom is -0.0984 e. The highest BCUT2D eigenvalue weighted by atomic mass is 31.1. The molecular weight excluding hydrogens is 271 g/mol. The maximum Gasteiger partial charge on any atom is -0.0111 e. The number of hydrogen-bond acceptors (Lipinski definition) is 0. The molecule has 0 aromatic heterocycles. The van der Waals surface area contributed by atoms with Crippen LogP contribution in [0.25, 0.3) is 17.2 Å². The topological polar surface area (TPSA) is 0 Å². The van der Waals surface area contributed by atoms with Crippen molar-refractivity contribution in [1.82, 2.24) is 0 Å². The molecule has 0 saturated carbocycles. The minimum absolute atomic E-state index is 0.690. The molecule has 21 heavy (non-hydrogen) atoms. The van der Waals surface area contributed by atoms with Crippen LogP contribution in [-0.2, 0) is 0 Å². The third kappa shape index (κ3) is 3.29. The zero-order valence-electron chi connectivity index (χ0n) is 11.8. The lowest BCUT2D eigenvalue weighted by Gasteiger charge is -2.09. The average Bonchev–Trinajstić information content (AvgIpc) is 2.56. The monoisotopic (exact) mass is 288 g/mol. The van der Waals surface area contributed by atoms with Crippen molar-refractivity contribution in [2.24, 2.45) is 0 Å². The van der Waals surface area contributed by atoms with Crippen LogP contribution in [0.15, 0.2) is 85.4 Å². The van der Waals surface area contributed by atoms with Crippen molar-refractivity contribution in [3.8, 4) is 11.1 Å². The van der Waals surface area contributed by atoms with Crippen molar-refractivity contribution in [3.05, 3.63) is 91.0 Å². The number of benzene rings is 3. The quantitative estimate of drug-likeness (QED) is 0.614. The van der Waals surface area contributed by atoms with Crippen molar-refractivity contribution < 1.29 is 0 Å². The maximum absolute atomic E-state index is 3.91. The van der Waals surface area contributed by atoms with E-state index >= 15 is 0 Å². The van der Waals surface area contributed by atoms with E-state index in [4.69, 9.17) is 0 Å². The van der Waals surface area contributed by atoms with Gasteiger partial charge in [0, 0.05) is 0 Å². The summed E-state index contributed by atoms with van der Waals surface area (Å²) in [7, 11) is 0.690. The van der Waals surface area contributed by atoms with E-state index in [1.54, 1.807) is 0 Å². The van der Waals surface area contributed by atoms with Gasteiger partial charge < -0.3 is 0 Å². The van der Waals surface area contributed by atoms with Crippen molar-refractivity contribution in [3.63, 3.8) is 0 Å². The van der Waals surface area contributed by atoms with Gasteiger partial charge in [-0.1, -0.05) is 94.0 Å². The molecule has 102 valence electrons. The maximum atomic E-state index is 3.91. The third-order valence-electron chi connectivity index (χ3n) is 3.42. The average molecular weight is 288 g/mol. The normalized spacial score (nSPS) is 10.9. The van der Waals surface area contributed by atoms with Gasteiger partial charge >= 0.3 is 0 Å². The van der Waals surface area contributed by atoms with Gasteiger partial charge in [-0.2, -0.15) is 0 Å². The Morgan fingerprint density at radius 2 is 1.43 bits per heavy atom. The molecule has 3 aromatic rings. The summed E-state index contributed by atoms with van der Waals surface area (Å²) in [6, 6.07) is 27.8. The van der Waals surface area contributed by atoms with E-state index in [0.29, 0.717) is 8.58 Å². The highest BCUT2D eigenvalue weighted by Crippen LogP contribution is 2.25. The number of hydrogen-bond donors (Lipinski definition) is 0. The lowest BCUT2D eigenvalue weighted by Crippen LogP contribution is -2.02. The summed E-state index contributed by atoms with van der Waals surface area (Å²) in [6.45, 7) is 3.91. The predicted molar refractivity (Wildman–Crippen MR) is 96.0 cm³/mol. The highest BCUT2D eigenvalue weighted by Gasteiger charge is 2.03. The van der Waals surface area contributed by atoms with Crippen LogP contribution in [0.1, 0.15) is 5.56 Å². The highest BCUT2D eigenvalue weighted by molar-refractivity contribution is 7.55. The summed E-state index contributed by atoms with van der Waals surface area (Å²) in [5.74, 6) is 0. The molecule has 1 unspecified atom stereocenters. The fourth-order valence-corrected chi connectivity index (χ4v) is 3.49. The predicted octanol–water partition coefficient (Wildman–Crippen LogP) is 4.63. The second kappa shape index (κ2) is 6.52. The van der Waals surface area contributed by atoms with Crippen LogP contribution in [0.2, 0.25) is 0 Å². The number of rotatable bonds is 4.